The zero-order valence-electron chi connectivity index (χ0n) is 6.96. The molecule has 11 heavy (non-hydrogen) atoms. The van der Waals surface area contributed by atoms with E-state index in [1.54, 1.807) is 0 Å². The monoisotopic (exact) mass is 158 g/mol. The molecule has 0 spiro atoms. The number of carbonyl (C=O) groups is 1. The predicted octanol–water partition coefficient (Wildman–Crippen LogP) is -0.732. The summed E-state index contributed by atoms with van der Waals surface area (Å²) in [6.07, 6.45) is 0. The molecule has 1 heterocycles. The lowest BCUT2D eigenvalue weighted by atomic mass is 10.1. The lowest BCUT2D eigenvalue weighted by Gasteiger charge is -2.28. The van der Waals surface area contributed by atoms with Gasteiger partial charge in [-0.05, 0) is 7.05 Å². The SMILES string of the molecule is COC(=O)C1CNCN(C)C1. The molecular formula is C7H14N2O2. The fraction of sp³-hybridized carbons (Fsp3) is 0.857. The van der Waals surface area contributed by atoms with Gasteiger partial charge in [-0.3, -0.25) is 9.69 Å². The van der Waals surface area contributed by atoms with Gasteiger partial charge in [0, 0.05) is 19.8 Å². The molecule has 0 aromatic rings. The van der Waals surface area contributed by atoms with Gasteiger partial charge in [0.2, 0.25) is 0 Å². The van der Waals surface area contributed by atoms with Gasteiger partial charge in [-0.1, -0.05) is 0 Å². The van der Waals surface area contributed by atoms with Gasteiger partial charge in [0.15, 0.2) is 0 Å². The Morgan fingerprint density at radius 3 is 3.00 bits per heavy atom. The van der Waals surface area contributed by atoms with Crippen molar-refractivity contribution in [2.45, 2.75) is 0 Å². The lowest BCUT2D eigenvalue weighted by Crippen LogP contribution is -2.48. The minimum Gasteiger partial charge on any atom is -0.469 e. The van der Waals surface area contributed by atoms with Crippen LogP contribution in [0.1, 0.15) is 0 Å². The molecule has 1 aliphatic rings. The minimum atomic E-state index is -0.121. The van der Waals surface area contributed by atoms with E-state index in [-0.39, 0.29) is 11.9 Å². The van der Waals surface area contributed by atoms with Crippen molar-refractivity contribution in [2.75, 3.05) is 33.9 Å². The first-order valence-electron chi connectivity index (χ1n) is 3.71. The summed E-state index contributed by atoms with van der Waals surface area (Å²) in [4.78, 5) is 13.1. The number of ether oxygens (including phenoxy) is 1. The zero-order chi connectivity index (χ0) is 8.27. The summed E-state index contributed by atoms with van der Waals surface area (Å²) in [5.41, 5.74) is 0. The van der Waals surface area contributed by atoms with Crippen LogP contribution in [0.2, 0.25) is 0 Å². The molecule has 1 atom stereocenters. The van der Waals surface area contributed by atoms with Gasteiger partial charge in [0.05, 0.1) is 13.0 Å². The Balaban J connectivity index is 2.39. The number of rotatable bonds is 1. The van der Waals surface area contributed by atoms with Crippen molar-refractivity contribution in [3.8, 4) is 0 Å². The van der Waals surface area contributed by atoms with Crippen molar-refractivity contribution in [2.24, 2.45) is 5.92 Å². The molecule has 0 bridgehead atoms. The van der Waals surface area contributed by atoms with Gasteiger partial charge in [-0.25, -0.2) is 0 Å². The Bertz CT molecular complexity index is 149. The molecule has 0 aromatic carbocycles. The molecular weight excluding hydrogens is 144 g/mol. The molecule has 0 aromatic heterocycles. The number of carbonyl (C=O) groups excluding carboxylic acids is 1. The van der Waals surface area contributed by atoms with Gasteiger partial charge in [-0.2, -0.15) is 0 Å². The molecule has 0 amide bonds. The number of nitrogens with zero attached hydrogens (tertiary/aromatic N) is 1. The fourth-order valence-corrected chi connectivity index (χ4v) is 1.26. The number of esters is 1. The molecule has 0 aliphatic carbocycles. The molecule has 1 unspecified atom stereocenters. The van der Waals surface area contributed by atoms with Crippen molar-refractivity contribution < 1.29 is 9.53 Å². The van der Waals surface area contributed by atoms with Gasteiger partial charge >= 0.3 is 5.97 Å². The summed E-state index contributed by atoms with van der Waals surface area (Å²) in [6, 6.07) is 0. The Labute approximate surface area is 66.5 Å². The molecule has 64 valence electrons. The third-order valence-electron chi connectivity index (χ3n) is 1.84. The normalized spacial score (nSPS) is 26.5. The molecule has 1 aliphatic heterocycles. The molecule has 4 heteroatoms. The number of methoxy groups -OCH3 is 1. The van der Waals surface area contributed by atoms with E-state index in [4.69, 9.17) is 0 Å². The van der Waals surface area contributed by atoms with Crippen LogP contribution < -0.4 is 5.32 Å². The van der Waals surface area contributed by atoms with Crippen molar-refractivity contribution in [3.63, 3.8) is 0 Å². The lowest BCUT2D eigenvalue weighted by molar-refractivity contribution is -0.146. The van der Waals surface area contributed by atoms with Gasteiger partial charge in [0.1, 0.15) is 0 Å². The Hall–Kier alpha value is -0.610. The molecule has 1 saturated heterocycles. The minimum absolute atomic E-state index is 0.00116. The smallest absolute Gasteiger partial charge is 0.311 e. The largest absolute Gasteiger partial charge is 0.469 e. The highest BCUT2D eigenvalue weighted by atomic mass is 16.5. The summed E-state index contributed by atoms with van der Waals surface area (Å²) in [7, 11) is 3.40. The average molecular weight is 158 g/mol. The quantitative estimate of drug-likeness (QED) is 0.511. The topological polar surface area (TPSA) is 41.6 Å². The van der Waals surface area contributed by atoms with Gasteiger partial charge < -0.3 is 10.1 Å². The van der Waals surface area contributed by atoms with Crippen LogP contribution in [0.15, 0.2) is 0 Å². The van der Waals surface area contributed by atoms with Crippen LogP contribution in [0, 0.1) is 5.92 Å². The predicted molar refractivity (Wildman–Crippen MR) is 41.0 cm³/mol. The second-order valence-corrected chi connectivity index (χ2v) is 2.87. The van der Waals surface area contributed by atoms with E-state index < -0.39 is 0 Å². The first kappa shape index (κ1) is 8.49. The van der Waals surface area contributed by atoms with Crippen LogP contribution in [0.4, 0.5) is 0 Å². The third kappa shape index (κ3) is 2.17. The highest BCUT2D eigenvalue weighted by Crippen LogP contribution is 2.04. The highest BCUT2D eigenvalue weighted by molar-refractivity contribution is 5.72. The summed E-state index contributed by atoms with van der Waals surface area (Å²) in [6.45, 7) is 2.38. The van der Waals surface area contributed by atoms with E-state index in [1.165, 1.54) is 7.11 Å². The van der Waals surface area contributed by atoms with Crippen molar-refractivity contribution in [1.29, 1.82) is 0 Å². The first-order chi connectivity index (χ1) is 5.24. The molecule has 4 nitrogen and oxygen atoms in total. The standard InChI is InChI=1S/C7H14N2O2/c1-9-4-6(3-8-5-9)7(10)11-2/h6,8H,3-5H2,1-2H3. The molecule has 0 saturated carbocycles. The van der Waals surface area contributed by atoms with Crippen molar-refractivity contribution >= 4 is 5.97 Å². The van der Waals surface area contributed by atoms with Crippen LogP contribution in [0.5, 0.6) is 0 Å². The Kier molecular flexibility index (Phi) is 2.84. The van der Waals surface area contributed by atoms with E-state index >= 15 is 0 Å². The van der Waals surface area contributed by atoms with E-state index in [0.717, 1.165) is 19.8 Å². The number of hydrogen-bond donors (Lipinski definition) is 1. The van der Waals surface area contributed by atoms with E-state index in [1.807, 2.05) is 7.05 Å². The average Bonchev–Trinajstić information content (AvgIpc) is 2.03. The summed E-state index contributed by atoms with van der Waals surface area (Å²) in [5, 5.41) is 3.12. The summed E-state index contributed by atoms with van der Waals surface area (Å²) < 4.78 is 4.63. The van der Waals surface area contributed by atoms with E-state index in [9.17, 15) is 4.79 Å². The molecule has 1 N–H and O–H groups in total. The van der Waals surface area contributed by atoms with Gasteiger partial charge in [0.25, 0.3) is 0 Å². The number of hydrogen-bond acceptors (Lipinski definition) is 4. The number of nitrogens with one attached hydrogen (secondary N) is 1. The van der Waals surface area contributed by atoms with E-state index in [2.05, 4.69) is 15.0 Å². The summed E-state index contributed by atoms with van der Waals surface area (Å²) >= 11 is 0. The maximum Gasteiger partial charge on any atom is 0.311 e. The van der Waals surface area contributed by atoms with Crippen LogP contribution in [0.3, 0.4) is 0 Å². The zero-order valence-corrected chi connectivity index (χ0v) is 6.96. The van der Waals surface area contributed by atoms with Crippen molar-refractivity contribution in [3.05, 3.63) is 0 Å². The third-order valence-corrected chi connectivity index (χ3v) is 1.84. The summed E-state index contributed by atoms with van der Waals surface area (Å²) in [5.74, 6) is -0.122. The fourth-order valence-electron chi connectivity index (χ4n) is 1.26. The molecule has 0 radical (unpaired) electrons. The maximum absolute atomic E-state index is 11.0. The molecule has 1 fully saturated rings. The Morgan fingerprint density at radius 1 is 1.73 bits per heavy atom. The van der Waals surface area contributed by atoms with Crippen molar-refractivity contribution in [1.82, 2.24) is 10.2 Å². The Morgan fingerprint density at radius 2 is 2.45 bits per heavy atom. The van der Waals surface area contributed by atoms with Crippen LogP contribution in [-0.4, -0.2) is 44.8 Å². The van der Waals surface area contributed by atoms with Crippen LogP contribution in [-0.2, 0) is 9.53 Å². The second-order valence-electron chi connectivity index (χ2n) is 2.87. The van der Waals surface area contributed by atoms with Crippen LogP contribution in [0.25, 0.3) is 0 Å². The first-order valence-corrected chi connectivity index (χ1v) is 3.71. The van der Waals surface area contributed by atoms with E-state index in [0.29, 0.717) is 0 Å². The maximum atomic E-state index is 11.0. The highest BCUT2D eigenvalue weighted by Gasteiger charge is 2.23. The van der Waals surface area contributed by atoms with Gasteiger partial charge in [-0.15, -0.1) is 0 Å². The molecule has 1 rings (SSSR count). The second kappa shape index (κ2) is 3.69. The van der Waals surface area contributed by atoms with Crippen LogP contribution >= 0.6 is 0 Å².